The molecule has 0 spiro atoms. The van der Waals surface area contributed by atoms with Gasteiger partial charge in [0.15, 0.2) is 0 Å². The number of nitrogens with zero attached hydrogens (tertiary/aromatic N) is 1. The summed E-state index contributed by atoms with van der Waals surface area (Å²) in [5, 5.41) is 2.55. The molecular formula is C15H25NS. The van der Waals surface area contributed by atoms with Crippen LogP contribution in [0.3, 0.4) is 0 Å². The van der Waals surface area contributed by atoms with E-state index in [-0.39, 0.29) is 0 Å². The fourth-order valence-electron chi connectivity index (χ4n) is 3.84. The molecule has 0 aromatic rings. The maximum absolute atomic E-state index is 4.70. The molecule has 0 aromatic heterocycles. The van der Waals surface area contributed by atoms with E-state index in [9.17, 15) is 0 Å². The van der Waals surface area contributed by atoms with Crippen LogP contribution in [0.15, 0.2) is 4.99 Å². The molecule has 2 rings (SSSR count). The van der Waals surface area contributed by atoms with Crippen molar-refractivity contribution in [3.05, 3.63) is 0 Å². The Morgan fingerprint density at radius 3 is 1.94 bits per heavy atom. The lowest BCUT2D eigenvalue weighted by Crippen LogP contribution is -2.26. The minimum Gasteiger partial charge on any atom is -0.229 e. The van der Waals surface area contributed by atoms with E-state index in [2.05, 4.69) is 17.1 Å². The summed E-state index contributed by atoms with van der Waals surface area (Å²) in [6.45, 7) is 2.35. The Morgan fingerprint density at radius 2 is 1.47 bits per heavy atom. The standard InChI is InChI=1S/C15H25NS/c1-2-12-3-5-13(6-4-12)14-7-9-15(10-8-14)16-11-17/h12-15H,2-10H2,1H3. The third-order valence-corrected chi connectivity index (χ3v) is 5.22. The highest BCUT2D eigenvalue weighted by Gasteiger charge is 2.30. The minimum absolute atomic E-state index is 0.496. The predicted molar refractivity (Wildman–Crippen MR) is 76.5 cm³/mol. The van der Waals surface area contributed by atoms with Crippen LogP contribution in [0.5, 0.6) is 0 Å². The highest BCUT2D eigenvalue weighted by Crippen LogP contribution is 2.40. The Labute approximate surface area is 111 Å². The molecule has 0 heterocycles. The van der Waals surface area contributed by atoms with Gasteiger partial charge >= 0.3 is 0 Å². The summed E-state index contributed by atoms with van der Waals surface area (Å²) in [5.41, 5.74) is 0. The van der Waals surface area contributed by atoms with Crippen LogP contribution < -0.4 is 0 Å². The number of hydrogen-bond donors (Lipinski definition) is 0. The highest BCUT2D eigenvalue weighted by molar-refractivity contribution is 7.78. The van der Waals surface area contributed by atoms with Gasteiger partial charge in [-0.3, -0.25) is 0 Å². The third-order valence-electron chi connectivity index (χ3n) is 5.11. The second kappa shape index (κ2) is 6.66. The van der Waals surface area contributed by atoms with Crippen LogP contribution in [0.1, 0.15) is 64.7 Å². The van der Waals surface area contributed by atoms with Gasteiger partial charge in [-0.1, -0.05) is 26.2 Å². The molecule has 96 valence electrons. The van der Waals surface area contributed by atoms with Crippen molar-refractivity contribution in [1.29, 1.82) is 0 Å². The molecule has 0 aliphatic heterocycles. The Kier molecular flexibility index (Phi) is 5.18. The molecule has 0 aromatic carbocycles. The smallest absolute Gasteiger partial charge is 0.0603 e. The molecule has 0 amide bonds. The molecule has 0 saturated heterocycles. The molecule has 2 fully saturated rings. The molecule has 0 N–H and O–H groups in total. The van der Waals surface area contributed by atoms with Crippen molar-refractivity contribution in [3.8, 4) is 0 Å². The van der Waals surface area contributed by atoms with E-state index >= 15 is 0 Å². The average Bonchev–Trinajstić information content (AvgIpc) is 2.40. The summed E-state index contributed by atoms with van der Waals surface area (Å²) >= 11 is 4.70. The van der Waals surface area contributed by atoms with E-state index in [1.165, 1.54) is 57.8 Å². The fraction of sp³-hybridized carbons (Fsp3) is 0.933. The first-order chi connectivity index (χ1) is 8.33. The van der Waals surface area contributed by atoms with Crippen LogP contribution in [0, 0.1) is 17.8 Å². The zero-order chi connectivity index (χ0) is 12.1. The number of hydrogen-bond acceptors (Lipinski definition) is 2. The Bertz CT molecular complexity index is 267. The Balaban J connectivity index is 1.76. The summed E-state index contributed by atoms with van der Waals surface area (Å²) in [5.74, 6) is 3.04. The van der Waals surface area contributed by atoms with Gasteiger partial charge in [-0.25, -0.2) is 4.99 Å². The van der Waals surface area contributed by atoms with Crippen molar-refractivity contribution in [2.45, 2.75) is 70.8 Å². The van der Waals surface area contributed by atoms with Crippen molar-refractivity contribution < 1.29 is 0 Å². The molecule has 17 heavy (non-hydrogen) atoms. The van der Waals surface area contributed by atoms with Gasteiger partial charge < -0.3 is 0 Å². The highest BCUT2D eigenvalue weighted by atomic mass is 32.1. The fourth-order valence-corrected chi connectivity index (χ4v) is 3.99. The molecule has 2 saturated carbocycles. The number of isothiocyanates is 1. The van der Waals surface area contributed by atoms with Gasteiger partial charge in [0.1, 0.15) is 0 Å². The van der Waals surface area contributed by atoms with Crippen LogP contribution in [-0.4, -0.2) is 11.2 Å². The Hall–Kier alpha value is -0.200. The second-order valence-electron chi connectivity index (χ2n) is 5.98. The van der Waals surface area contributed by atoms with E-state index in [1.54, 1.807) is 0 Å². The van der Waals surface area contributed by atoms with Crippen LogP contribution in [-0.2, 0) is 0 Å². The molecule has 0 radical (unpaired) electrons. The molecule has 0 unspecified atom stereocenters. The minimum atomic E-state index is 0.496. The van der Waals surface area contributed by atoms with E-state index < -0.39 is 0 Å². The molecule has 2 aliphatic carbocycles. The summed E-state index contributed by atoms with van der Waals surface area (Å²) < 4.78 is 0. The van der Waals surface area contributed by atoms with Crippen molar-refractivity contribution >= 4 is 17.4 Å². The van der Waals surface area contributed by atoms with Gasteiger partial charge in [0.05, 0.1) is 11.2 Å². The molecular weight excluding hydrogens is 226 g/mol. The quantitative estimate of drug-likeness (QED) is 0.515. The monoisotopic (exact) mass is 251 g/mol. The first-order valence-corrected chi connectivity index (χ1v) is 7.81. The molecule has 0 bridgehead atoms. The van der Waals surface area contributed by atoms with Gasteiger partial charge in [0.2, 0.25) is 0 Å². The Morgan fingerprint density at radius 1 is 0.941 bits per heavy atom. The van der Waals surface area contributed by atoms with Crippen molar-refractivity contribution in [2.24, 2.45) is 22.7 Å². The lowest BCUT2D eigenvalue weighted by molar-refractivity contribution is 0.159. The molecule has 2 heteroatoms. The summed E-state index contributed by atoms with van der Waals surface area (Å²) in [6, 6.07) is 0.496. The number of thiocarbonyl (C=S) groups is 1. The van der Waals surface area contributed by atoms with Crippen molar-refractivity contribution in [3.63, 3.8) is 0 Å². The van der Waals surface area contributed by atoms with E-state index in [4.69, 9.17) is 12.2 Å². The predicted octanol–water partition coefficient (Wildman–Crippen LogP) is 4.86. The lowest BCUT2D eigenvalue weighted by atomic mass is 9.70. The second-order valence-corrected chi connectivity index (χ2v) is 6.16. The normalized spacial score (nSPS) is 38.4. The molecule has 1 nitrogen and oxygen atoms in total. The van der Waals surface area contributed by atoms with E-state index in [1.807, 2.05) is 0 Å². The largest absolute Gasteiger partial charge is 0.229 e. The molecule has 0 atom stereocenters. The first kappa shape index (κ1) is 13.2. The van der Waals surface area contributed by atoms with Gasteiger partial charge in [-0.2, -0.15) is 0 Å². The van der Waals surface area contributed by atoms with Gasteiger partial charge in [0, 0.05) is 0 Å². The van der Waals surface area contributed by atoms with Crippen LogP contribution in [0.2, 0.25) is 0 Å². The van der Waals surface area contributed by atoms with Gasteiger partial charge in [0.25, 0.3) is 0 Å². The zero-order valence-electron chi connectivity index (χ0n) is 11.0. The maximum Gasteiger partial charge on any atom is 0.0603 e. The maximum atomic E-state index is 4.70. The molecule has 2 aliphatic rings. The SMILES string of the molecule is CCC1CCC(C2CCC(N=C=S)CC2)CC1. The van der Waals surface area contributed by atoms with Gasteiger partial charge in [-0.15, -0.1) is 0 Å². The third kappa shape index (κ3) is 3.63. The number of rotatable bonds is 3. The topological polar surface area (TPSA) is 12.4 Å². The van der Waals surface area contributed by atoms with Crippen LogP contribution in [0.25, 0.3) is 0 Å². The van der Waals surface area contributed by atoms with Crippen LogP contribution in [0.4, 0.5) is 0 Å². The van der Waals surface area contributed by atoms with Crippen molar-refractivity contribution in [1.82, 2.24) is 0 Å². The average molecular weight is 251 g/mol. The van der Waals surface area contributed by atoms with E-state index in [0.29, 0.717) is 6.04 Å². The zero-order valence-corrected chi connectivity index (χ0v) is 11.8. The number of aliphatic imine (C=N–C) groups is 1. The summed E-state index contributed by atoms with van der Waals surface area (Å²) in [4.78, 5) is 4.25. The first-order valence-electron chi connectivity index (χ1n) is 7.40. The lowest BCUT2D eigenvalue weighted by Gasteiger charge is -2.36. The summed E-state index contributed by atoms with van der Waals surface area (Å²) in [6.07, 6.45) is 12.6. The van der Waals surface area contributed by atoms with Gasteiger partial charge in [-0.05, 0) is 68.5 Å². The van der Waals surface area contributed by atoms with Crippen molar-refractivity contribution in [2.75, 3.05) is 0 Å². The van der Waals surface area contributed by atoms with E-state index in [0.717, 1.165) is 17.8 Å². The summed E-state index contributed by atoms with van der Waals surface area (Å²) in [7, 11) is 0. The van der Waals surface area contributed by atoms with Crippen LogP contribution >= 0.6 is 12.2 Å².